The first-order valence-electron chi connectivity index (χ1n) is 7.96. The largest absolute Gasteiger partial charge is 0.475 e. The smallest absolute Gasteiger partial charge is 0.374 e. The maximum atomic E-state index is 12.8. The third-order valence-electron chi connectivity index (χ3n) is 4.29. The Bertz CT molecular complexity index is 716. The van der Waals surface area contributed by atoms with Crippen LogP contribution in [0.1, 0.15) is 40.6 Å². The van der Waals surface area contributed by atoms with Crippen molar-refractivity contribution >= 4 is 12.0 Å². The lowest BCUT2D eigenvalue weighted by molar-refractivity contribution is 0.0652. The number of carboxylic acid groups (broad SMARTS) is 1. The number of aromatic nitrogens is 1. The lowest BCUT2D eigenvalue weighted by atomic mass is 9.93. The molecule has 1 aromatic carbocycles. The third-order valence-corrected chi connectivity index (χ3v) is 4.29. The molecule has 0 atom stereocenters. The maximum absolute atomic E-state index is 12.8. The van der Waals surface area contributed by atoms with Gasteiger partial charge in [0.2, 0.25) is 5.76 Å². The molecule has 2 aromatic rings. The zero-order chi connectivity index (χ0) is 16.9. The van der Waals surface area contributed by atoms with Gasteiger partial charge >= 0.3 is 5.97 Å². The molecule has 1 aliphatic heterocycles. The van der Waals surface area contributed by atoms with Crippen LogP contribution in [0, 0.1) is 5.82 Å². The van der Waals surface area contributed by atoms with Gasteiger partial charge in [-0.1, -0.05) is 29.4 Å². The number of rotatable bonds is 5. The fraction of sp³-hybridized carbons (Fsp3) is 0.333. The molecule has 3 rings (SSSR count). The molecule has 1 aromatic heterocycles. The van der Waals surface area contributed by atoms with Crippen molar-refractivity contribution in [2.75, 3.05) is 19.6 Å². The van der Waals surface area contributed by atoms with Crippen LogP contribution in [-0.2, 0) is 0 Å². The van der Waals surface area contributed by atoms with E-state index < -0.39 is 5.97 Å². The van der Waals surface area contributed by atoms with Crippen LogP contribution in [0.4, 0.5) is 4.39 Å². The zero-order valence-corrected chi connectivity index (χ0v) is 13.2. The third kappa shape index (κ3) is 4.08. The molecule has 1 fully saturated rings. The molecule has 0 aliphatic carbocycles. The highest BCUT2D eigenvalue weighted by molar-refractivity contribution is 5.84. The molecule has 1 saturated heterocycles. The number of hydrogen-bond donors (Lipinski definition) is 1. The summed E-state index contributed by atoms with van der Waals surface area (Å²) in [4.78, 5) is 13.2. The predicted octanol–water partition coefficient (Wildman–Crippen LogP) is 3.40. The Labute approximate surface area is 139 Å². The van der Waals surface area contributed by atoms with E-state index in [9.17, 15) is 9.18 Å². The minimum absolute atomic E-state index is 0.102. The fourth-order valence-electron chi connectivity index (χ4n) is 2.91. The summed E-state index contributed by atoms with van der Waals surface area (Å²) in [5, 5.41) is 12.8. The summed E-state index contributed by atoms with van der Waals surface area (Å²) in [5.41, 5.74) is 1.71. The minimum atomic E-state index is -1.09. The van der Waals surface area contributed by atoms with Crippen LogP contribution < -0.4 is 0 Å². The molecule has 0 bridgehead atoms. The van der Waals surface area contributed by atoms with Crippen LogP contribution in [0.5, 0.6) is 0 Å². The van der Waals surface area contributed by atoms with Gasteiger partial charge in [-0.2, -0.15) is 0 Å². The number of likely N-dealkylation sites (tertiary alicyclic amines) is 1. The Morgan fingerprint density at radius 1 is 1.33 bits per heavy atom. The molecule has 5 nitrogen and oxygen atoms in total. The Hall–Kier alpha value is -2.47. The molecule has 0 saturated carbocycles. The summed E-state index contributed by atoms with van der Waals surface area (Å²) in [6, 6.07) is 7.94. The monoisotopic (exact) mass is 330 g/mol. The second-order valence-corrected chi connectivity index (χ2v) is 5.95. The van der Waals surface area contributed by atoms with Gasteiger partial charge in [-0.15, -0.1) is 0 Å². The minimum Gasteiger partial charge on any atom is -0.475 e. The number of piperidine rings is 1. The van der Waals surface area contributed by atoms with Gasteiger partial charge in [0.1, 0.15) is 5.82 Å². The van der Waals surface area contributed by atoms with E-state index in [-0.39, 0.29) is 17.5 Å². The van der Waals surface area contributed by atoms with Gasteiger partial charge in [-0.05, 0) is 43.6 Å². The average Bonchev–Trinajstić information content (AvgIpc) is 3.08. The van der Waals surface area contributed by atoms with Crippen LogP contribution >= 0.6 is 0 Å². The molecular formula is C18H19FN2O3. The summed E-state index contributed by atoms with van der Waals surface area (Å²) >= 11 is 0. The van der Waals surface area contributed by atoms with Gasteiger partial charge in [-0.25, -0.2) is 9.18 Å². The number of aromatic carboxylic acids is 1. The molecule has 0 spiro atoms. The number of benzene rings is 1. The second kappa shape index (κ2) is 7.40. The van der Waals surface area contributed by atoms with E-state index in [1.165, 1.54) is 18.2 Å². The van der Waals surface area contributed by atoms with Gasteiger partial charge in [0.25, 0.3) is 0 Å². The lowest BCUT2D eigenvalue weighted by Gasteiger charge is -2.30. The van der Waals surface area contributed by atoms with Crippen molar-refractivity contribution < 1.29 is 18.8 Å². The van der Waals surface area contributed by atoms with Crippen LogP contribution in [0.2, 0.25) is 0 Å². The summed E-state index contributed by atoms with van der Waals surface area (Å²) in [7, 11) is 0. The first-order chi connectivity index (χ1) is 11.6. The molecule has 1 N–H and O–H groups in total. The second-order valence-electron chi connectivity index (χ2n) is 5.95. The molecule has 0 radical (unpaired) electrons. The van der Waals surface area contributed by atoms with Crippen LogP contribution in [0.3, 0.4) is 0 Å². The van der Waals surface area contributed by atoms with E-state index in [1.54, 1.807) is 12.1 Å². The molecule has 0 amide bonds. The van der Waals surface area contributed by atoms with Crippen LogP contribution in [0.15, 0.2) is 40.9 Å². The van der Waals surface area contributed by atoms with E-state index in [0.29, 0.717) is 0 Å². The molecule has 126 valence electrons. The average molecular weight is 330 g/mol. The van der Waals surface area contributed by atoms with Gasteiger partial charge in [0, 0.05) is 18.5 Å². The highest BCUT2D eigenvalue weighted by atomic mass is 19.1. The predicted molar refractivity (Wildman–Crippen MR) is 87.3 cm³/mol. The highest BCUT2D eigenvalue weighted by Crippen LogP contribution is 2.27. The summed E-state index contributed by atoms with van der Waals surface area (Å²) in [6.07, 6.45) is 5.92. The molecular weight excluding hydrogens is 311 g/mol. The molecule has 2 heterocycles. The van der Waals surface area contributed by atoms with Gasteiger partial charge in [0.05, 0.1) is 5.69 Å². The van der Waals surface area contributed by atoms with Crippen LogP contribution in [-0.4, -0.2) is 40.8 Å². The Kier molecular flexibility index (Phi) is 5.05. The van der Waals surface area contributed by atoms with Gasteiger partial charge < -0.3 is 9.63 Å². The normalized spacial score (nSPS) is 16.7. The maximum Gasteiger partial charge on any atom is 0.374 e. The number of carboxylic acids is 1. The summed E-state index contributed by atoms with van der Waals surface area (Å²) in [5.74, 6) is -1.17. The number of halogens is 1. The van der Waals surface area contributed by atoms with Crippen LogP contribution in [0.25, 0.3) is 6.08 Å². The number of carbonyl (C=O) groups is 1. The van der Waals surface area contributed by atoms with E-state index in [2.05, 4.69) is 16.1 Å². The van der Waals surface area contributed by atoms with Crippen molar-refractivity contribution in [3.8, 4) is 0 Å². The zero-order valence-electron chi connectivity index (χ0n) is 13.2. The van der Waals surface area contributed by atoms with E-state index in [4.69, 9.17) is 9.63 Å². The fourth-order valence-corrected chi connectivity index (χ4v) is 2.91. The Morgan fingerprint density at radius 3 is 2.67 bits per heavy atom. The SMILES string of the molecule is O=C(O)c1cc(C2CCN(C/C=C/c3ccc(F)cc3)CC2)no1. The summed E-state index contributed by atoms with van der Waals surface area (Å²) in [6.45, 7) is 2.69. The van der Waals surface area contributed by atoms with Gasteiger partial charge in [-0.3, -0.25) is 4.90 Å². The van der Waals surface area contributed by atoms with Crippen molar-refractivity contribution in [3.63, 3.8) is 0 Å². The quantitative estimate of drug-likeness (QED) is 0.910. The Balaban J connectivity index is 1.48. The van der Waals surface area contributed by atoms with E-state index in [0.717, 1.165) is 43.7 Å². The standard InChI is InChI=1S/C18H19FN2O3/c19-15-5-3-13(4-6-15)2-1-9-21-10-7-14(8-11-21)16-12-17(18(22)23)24-20-16/h1-6,12,14H,7-11H2,(H,22,23)/b2-1+. The molecule has 24 heavy (non-hydrogen) atoms. The van der Waals surface area contributed by atoms with Crippen molar-refractivity contribution in [3.05, 3.63) is 59.2 Å². The molecule has 1 aliphatic rings. The highest BCUT2D eigenvalue weighted by Gasteiger charge is 2.24. The van der Waals surface area contributed by atoms with Gasteiger partial charge in [0.15, 0.2) is 0 Å². The topological polar surface area (TPSA) is 66.6 Å². The number of nitrogens with zero attached hydrogens (tertiary/aromatic N) is 2. The molecule has 6 heteroatoms. The van der Waals surface area contributed by atoms with Crippen molar-refractivity contribution in [2.45, 2.75) is 18.8 Å². The molecule has 0 unspecified atom stereocenters. The van der Waals surface area contributed by atoms with Crippen molar-refractivity contribution in [1.29, 1.82) is 0 Å². The van der Waals surface area contributed by atoms with E-state index >= 15 is 0 Å². The lowest BCUT2D eigenvalue weighted by Crippen LogP contribution is -2.33. The van der Waals surface area contributed by atoms with Crippen molar-refractivity contribution in [2.24, 2.45) is 0 Å². The summed E-state index contributed by atoms with van der Waals surface area (Å²) < 4.78 is 17.7. The number of hydrogen-bond acceptors (Lipinski definition) is 4. The first kappa shape index (κ1) is 16.4. The first-order valence-corrected chi connectivity index (χ1v) is 7.96. The van der Waals surface area contributed by atoms with Crippen molar-refractivity contribution in [1.82, 2.24) is 10.1 Å². The Morgan fingerprint density at radius 2 is 2.04 bits per heavy atom. The van der Waals surface area contributed by atoms with E-state index in [1.807, 2.05) is 6.08 Å².